The van der Waals surface area contributed by atoms with Gasteiger partial charge < -0.3 is 15.5 Å². The van der Waals surface area contributed by atoms with Crippen LogP contribution in [0.5, 0.6) is 0 Å². The van der Waals surface area contributed by atoms with Gasteiger partial charge in [-0.2, -0.15) is 0 Å². The second kappa shape index (κ2) is 6.97. The number of nitrogens with one attached hydrogen (secondary N) is 2. The number of fused-ring (bicyclic) bond motifs is 2. The number of aryl methyl sites for hydroxylation is 1. The highest BCUT2D eigenvalue weighted by molar-refractivity contribution is 5.98. The van der Waals surface area contributed by atoms with Crippen LogP contribution in [-0.4, -0.2) is 35.3 Å². The molecule has 0 radical (unpaired) electrons. The minimum atomic E-state index is -0.447. The molecule has 5 rings (SSSR count). The van der Waals surface area contributed by atoms with Crippen LogP contribution in [-0.2, 0) is 24.2 Å². The van der Waals surface area contributed by atoms with Crippen molar-refractivity contribution in [3.63, 3.8) is 0 Å². The van der Waals surface area contributed by atoms with Crippen LogP contribution >= 0.6 is 0 Å². The zero-order valence-electron chi connectivity index (χ0n) is 15.9. The van der Waals surface area contributed by atoms with Crippen molar-refractivity contribution in [2.24, 2.45) is 0 Å². The molecule has 2 aliphatic heterocycles. The molecule has 2 amide bonds. The number of rotatable bonds is 3. The molecule has 1 fully saturated rings. The van der Waals surface area contributed by atoms with Crippen molar-refractivity contribution in [1.29, 1.82) is 0 Å². The highest BCUT2D eigenvalue weighted by Crippen LogP contribution is 2.29. The Morgan fingerprint density at radius 2 is 1.86 bits per heavy atom. The third-order valence-corrected chi connectivity index (χ3v) is 6.03. The molecular formula is C23H25N3O2. The summed E-state index contributed by atoms with van der Waals surface area (Å²) in [6.45, 7) is 1.46. The number of hydrogen-bond donors (Lipinski definition) is 2. The molecule has 3 aliphatic rings. The number of hydrogen-bond acceptors (Lipinski definition) is 3. The van der Waals surface area contributed by atoms with Gasteiger partial charge in [0.2, 0.25) is 5.91 Å². The summed E-state index contributed by atoms with van der Waals surface area (Å²) in [5, 5.41) is 6.49. The van der Waals surface area contributed by atoms with Crippen molar-refractivity contribution < 1.29 is 9.59 Å². The normalized spacial score (nSPS) is 20.6. The summed E-state index contributed by atoms with van der Waals surface area (Å²) in [5.41, 5.74) is 5.28. The second-order valence-corrected chi connectivity index (χ2v) is 8.11. The predicted octanol–water partition coefficient (Wildman–Crippen LogP) is 2.89. The molecule has 2 aromatic carbocycles. The standard InChI is InChI=1S/C23H25N3O2/c27-22(25-19-8-9-19)21-13-15-4-1-2-5-18(15)14-26(21)23(28)17-7-10-20-16(12-17)6-3-11-24-20/h1-2,4-5,7,10,12,19,21,24H,3,6,8-9,11,13-14H2,(H,25,27)/t21-/m0/s1. The van der Waals surface area contributed by atoms with Crippen LogP contribution < -0.4 is 10.6 Å². The van der Waals surface area contributed by atoms with E-state index in [0.717, 1.165) is 49.0 Å². The summed E-state index contributed by atoms with van der Waals surface area (Å²) in [7, 11) is 0. The van der Waals surface area contributed by atoms with Gasteiger partial charge in [0.15, 0.2) is 0 Å². The summed E-state index contributed by atoms with van der Waals surface area (Å²) in [6, 6.07) is 13.8. The Labute approximate surface area is 165 Å². The molecule has 5 nitrogen and oxygen atoms in total. The molecule has 144 valence electrons. The Kier molecular flexibility index (Phi) is 4.30. The van der Waals surface area contributed by atoms with Gasteiger partial charge in [0.25, 0.3) is 5.91 Å². The average molecular weight is 375 g/mol. The molecule has 28 heavy (non-hydrogen) atoms. The monoisotopic (exact) mass is 375 g/mol. The third-order valence-electron chi connectivity index (χ3n) is 6.03. The smallest absolute Gasteiger partial charge is 0.254 e. The van der Waals surface area contributed by atoms with Crippen LogP contribution in [0.2, 0.25) is 0 Å². The van der Waals surface area contributed by atoms with E-state index in [1.807, 2.05) is 30.3 Å². The molecule has 0 unspecified atom stereocenters. The molecule has 2 N–H and O–H groups in total. The first-order valence-electron chi connectivity index (χ1n) is 10.2. The third kappa shape index (κ3) is 3.26. The van der Waals surface area contributed by atoms with Crippen molar-refractivity contribution in [3.8, 4) is 0 Å². The fraction of sp³-hybridized carbons (Fsp3) is 0.391. The maximum atomic E-state index is 13.4. The van der Waals surface area contributed by atoms with Gasteiger partial charge in [-0.25, -0.2) is 0 Å². The molecule has 0 aromatic heterocycles. The topological polar surface area (TPSA) is 61.4 Å². The number of carbonyl (C=O) groups is 2. The maximum Gasteiger partial charge on any atom is 0.254 e. The maximum absolute atomic E-state index is 13.4. The first kappa shape index (κ1) is 17.3. The summed E-state index contributed by atoms with van der Waals surface area (Å²) < 4.78 is 0. The number of nitrogens with zero attached hydrogens (tertiary/aromatic N) is 1. The van der Waals surface area contributed by atoms with Crippen LogP contribution in [0, 0.1) is 0 Å². The lowest BCUT2D eigenvalue weighted by Gasteiger charge is -2.36. The fourth-order valence-electron chi connectivity index (χ4n) is 4.27. The van der Waals surface area contributed by atoms with Crippen molar-refractivity contribution in [2.45, 2.75) is 50.7 Å². The average Bonchev–Trinajstić information content (AvgIpc) is 3.56. The number of carbonyl (C=O) groups excluding carboxylic acids is 2. The van der Waals surface area contributed by atoms with Gasteiger partial charge in [-0.15, -0.1) is 0 Å². The Balaban J connectivity index is 1.46. The largest absolute Gasteiger partial charge is 0.385 e. The zero-order valence-corrected chi connectivity index (χ0v) is 15.9. The first-order chi connectivity index (χ1) is 13.7. The Bertz CT molecular complexity index is 935. The van der Waals surface area contributed by atoms with E-state index in [1.54, 1.807) is 4.90 Å². The van der Waals surface area contributed by atoms with Crippen molar-refractivity contribution in [3.05, 3.63) is 64.7 Å². The Morgan fingerprint density at radius 3 is 2.68 bits per heavy atom. The molecule has 0 saturated heterocycles. The van der Waals surface area contributed by atoms with Crippen LogP contribution in [0.3, 0.4) is 0 Å². The van der Waals surface area contributed by atoms with E-state index < -0.39 is 6.04 Å². The van der Waals surface area contributed by atoms with E-state index in [-0.39, 0.29) is 17.9 Å². The lowest BCUT2D eigenvalue weighted by Crippen LogP contribution is -2.53. The van der Waals surface area contributed by atoms with E-state index in [4.69, 9.17) is 0 Å². The van der Waals surface area contributed by atoms with Crippen LogP contribution in [0.25, 0.3) is 0 Å². The van der Waals surface area contributed by atoms with E-state index in [1.165, 1.54) is 5.56 Å². The first-order valence-corrected chi connectivity index (χ1v) is 10.2. The molecule has 1 atom stereocenters. The van der Waals surface area contributed by atoms with Gasteiger partial charge in [0, 0.05) is 36.8 Å². The number of anilines is 1. The zero-order chi connectivity index (χ0) is 19.1. The van der Waals surface area contributed by atoms with Gasteiger partial charge in [0.05, 0.1) is 0 Å². The summed E-state index contributed by atoms with van der Waals surface area (Å²) >= 11 is 0. The van der Waals surface area contributed by atoms with E-state index in [9.17, 15) is 9.59 Å². The van der Waals surface area contributed by atoms with E-state index >= 15 is 0 Å². The predicted molar refractivity (Wildman–Crippen MR) is 108 cm³/mol. The molecule has 0 bridgehead atoms. The fourth-order valence-corrected chi connectivity index (χ4v) is 4.27. The second-order valence-electron chi connectivity index (χ2n) is 8.11. The van der Waals surface area contributed by atoms with Crippen LogP contribution in [0.1, 0.15) is 46.3 Å². The lowest BCUT2D eigenvalue weighted by atomic mass is 9.92. The molecular weight excluding hydrogens is 350 g/mol. The number of amides is 2. The highest BCUT2D eigenvalue weighted by atomic mass is 16.2. The van der Waals surface area contributed by atoms with Gasteiger partial charge in [0.1, 0.15) is 6.04 Å². The summed E-state index contributed by atoms with van der Waals surface area (Å²) in [4.78, 5) is 28.1. The van der Waals surface area contributed by atoms with Crippen molar-refractivity contribution >= 4 is 17.5 Å². The minimum Gasteiger partial charge on any atom is -0.385 e. The van der Waals surface area contributed by atoms with Gasteiger partial charge >= 0.3 is 0 Å². The molecule has 1 saturated carbocycles. The van der Waals surface area contributed by atoms with Crippen molar-refractivity contribution in [1.82, 2.24) is 10.2 Å². The number of benzene rings is 2. The van der Waals surface area contributed by atoms with Crippen LogP contribution in [0.4, 0.5) is 5.69 Å². The SMILES string of the molecule is O=C(NC1CC1)[C@@H]1Cc2ccccc2CN1C(=O)c1ccc2c(c1)CCCN2. The highest BCUT2D eigenvalue weighted by Gasteiger charge is 2.37. The Morgan fingerprint density at radius 1 is 1.04 bits per heavy atom. The van der Waals surface area contributed by atoms with Crippen LogP contribution in [0.15, 0.2) is 42.5 Å². The van der Waals surface area contributed by atoms with E-state index in [0.29, 0.717) is 18.5 Å². The molecule has 0 spiro atoms. The molecule has 2 aromatic rings. The summed E-state index contributed by atoms with van der Waals surface area (Å²) in [5.74, 6) is -0.0798. The minimum absolute atomic E-state index is 0.0232. The summed E-state index contributed by atoms with van der Waals surface area (Å²) in [6.07, 6.45) is 4.72. The molecule has 1 aliphatic carbocycles. The van der Waals surface area contributed by atoms with E-state index in [2.05, 4.69) is 22.8 Å². The Hall–Kier alpha value is -2.82. The van der Waals surface area contributed by atoms with Gasteiger partial charge in [-0.1, -0.05) is 24.3 Å². The van der Waals surface area contributed by atoms with Crippen molar-refractivity contribution in [2.75, 3.05) is 11.9 Å². The van der Waals surface area contributed by atoms with Gasteiger partial charge in [-0.05, 0) is 60.6 Å². The molecule has 5 heteroatoms. The van der Waals surface area contributed by atoms with Gasteiger partial charge in [-0.3, -0.25) is 9.59 Å². The molecule has 2 heterocycles. The quantitative estimate of drug-likeness (QED) is 0.867. The lowest BCUT2D eigenvalue weighted by molar-refractivity contribution is -0.126.